The zero-order valence-electron chi connectivity index (χ0n) is 10.4. The first-order valence-electron chi connectivity index (χ1n) is 5.92. The lowest BCUT2D eigenvalue weighted by atomic mass is 10.2. The predicted molar refractivity (Wildman–Crippen MR) is 71.6 cm³/mol. The van der Waals surface area contributed by atoms with Gasteiger partial charge in [0.2, 0.25) is 0 Å². The summed E-state index contributed by atoms with van der Waals surface area (Å²) < 4.78 is 10.3. The smallest absolute Gasteiger partial charge is 0.404 e. The van der Waals surface area contributed by atoms with E-state index in [1.54, 1.807) is 0 Å². The second-order valence-electron chi connectivity index (χ2n) is 4.03. The van der Waals surface area contributed by atoms with Crippen molar-refractivity contribution in [1.82, 2.24) is 0 Å². The van der Waals surface area contributed by atoms with E-state index in [1.807, 2.05) is 54.6 Å². The van der Waals surface area contributed by atoms with Crippen molar-refractivity contribution in [3.05, 3.63) is 65.7 Å². The molecule has 4 heteroatoms. The fraction of sp³-hybridized carbons (Fsp3) is 0.133. The van der Waals surface area contributed by atoms with Crippen molar-refractivity contribution in [2.45, 2.75) is 13.2 Å². The van der Waals surface area contributed by atoms with Gasteiger partial charge in [-0.25, -0.2) is 4.79 Å². The number of carbonyl (C=O) groups is 1. The molecule has 2 rings (SSSR count). The molecule has 2 aromatic rings. The molecule has 0 radical (unpaired) electrons. The average Bonchev–Trinajstić information content (AvgIpc) is 2.45. The fourth-order valence-electron chi connectivity index (χ4n) is 1.58. The van der Waals surface area contributed by atoms with Crippen LogP contribution in [0.2, 0.25) is 0 Å². The number of ether oxygens (including phenoxy) is 2. The van der Waals surface area contributed by atoms with Gasteiger partial charge in [-0.05, 0) is 23.3 Å². The first kappa shape index (κ1) is 13.0. The molecule has 2 N–H and O–H groups in total. The zero-order chi connectivity index (χ0) is 13.5. The van der Waals surface area contributed by atoms with Gasteiger partial charge in [0.1, 0.15) is 19.0 Å². The lowest BCUT2D eigenvalue weighted by molar-refractivity contribution is 0.150. The summed E-state index contributed by atoms with van der Waals surface area (Å²) >= 11 is 0. The molecule has 0 aromatic heterocycles. The summed E-state index contributed by atoms with van der Waals surface area (Å²) in [5, 5.41) is 0. The highest BCUT2D eigenvalue weighted by Gasteiger charge is 1.99. The quantitative estimate of drug-likeness (QED) is 0.895. The maximum absolute atomic E-state index is 10.5. The molecule has 0 heterocycles. The molecule has 98 valence electrons. The van der Waals surface area contributed by atoms with Crippen molar-refractivity contribution in [2.75, 3.05) is 0 Å². The van der Waals surface area contributed by atoms with Crippen LogP contribution in [0.25, 0.3) is 0 Å². The van der Waals surface area contributed by atoms with Crippen molar-refractivity contribution in [1.29, 1.82) is 0 Å². The van der Waals surface area contributed by atoms with E-state index in [0.717, 1.165) is 16.9 Å². The SMILES string of the molecule is NC(=O)OCc1ccc(OCc2ccccc2)cc1. The minimum Gasteiger partial charge on any atom is -0.489 e. The summed E-state index contributed by atoms with van der Waals surface area (Å²) in [7, 11) is 0. The maximum atomic E-state index is 10.5. The molecule has 0 saturated heterocycles. The standard InChI is InChI=1S/C15H15NO3/c16-15(17)19-11-13-6-8-14(9-7-13)18-10-12-4-2-1-3-5-12/h1-9H,10-11H2,(H2,16,17). The van der Waals surface area contributed by atoms with E-state index in [1.165, 1.54) is 0 Å². The molecule has 0 saturated carbocycles. The van der Waals surface area contributed by atoms with Gasteiger partial charge in [0, 0.05) is 0 Å². The van der Waals surface area contributed by atoms with E-state index in [0.29, 0.717) is 6.61 Å². The third-order valence-corrected chi connectivity index (χ3v) is 2.55. The number of hydrogen-bond donors (Lipinski definition) is 1. The van der Waals surface area contributed by atoms with Crippen LogP contribution in [0.15, 0.2) is 54.6 Å². The Morgan fingerprint density at radius 2 is 1.53 bits per heavy atom. The summed E-state index contributed by atoms with van der Waals surface area (Å²) in [6.45, 7) is 0.701. The lowest BCUT2D eigenvalue weighted by Crippen LogP contribution is -2.12. The number of hydrogen-bond acceptors (Lipinski definition) is 3. The van der Waals surface area contributed by atoms with Gasteiger partial charge in [-0.2, -0.15) is 0 Å². The third-order valence-electron chi connectivity index (χ3n) is 2.55. The number of benzene rings is 2. The van der Waals surface area contributed by atoms with Crippen LogP contribution in [-0.4, -0.2) is 6.09 Å². The van der Waals surface area contributed by atoms with E-state index in [4.69, 9.17) is 15.2 Å². The number of nitrogens with two attached hydrogens (primary N) is 1. The van der Waals surface area contributed by atoms with Crippen molar-refractivity contribution < 1.29 is 14.3 Å². The molecule has 0 unspecified atom stereocenters. The van der Waals surface area contributed by atoms with E-state index >= 15 is 0 Å². The number of primary amides is 1. The van der Waals surface area contributed by atoms with Gasteiger partial charge in [-0.3, -0.25) is 0 Å². The van der Waals surface area contributed by atoms with Crippen LogP contribution in [0.3, 0.4) is 0 Å². The molecule has 19 heavy (non-hydrogen) atoms. The summed E-state index contributed by atoms with van der Waals surface area (Å²) in [6.07, 6.45) is -0.774. The second kappa shape index (κ2) is 6.44. The minimum atomic E-state index is -0.774. The minimum absolute atomic E-state index is 0.175. The molecule has 0 atom stereocenters. The highest BCUT2D eigenvalue weighted by atomic mass is 16.5. The predicted octanol–water partition coefficient (Wildman–Crippen LogP) is 2.86. The maximum Gasteiger partial charge on any atom is 0.404 e. The van der Waals surface area contributed by atoms with Gasteiger partial charge in [0.05, 0.1) is 0 Å². The Bertz CT molecular complexity index is 523. The normalized spacial score (nSPS) is 9.89. The molecule has 2 aromatic carbocycles. The van der Waals surface area contributed by atoms with Gasteiger partial charge in [-0.1, -0.05) is 42.5 Å². The lowest BCUT2D eigenvalue weighted by Gasteiger charge is -2.07. The largest absolute Gasteiger partial charge is 0.489 e. The Morgan fingerprint density at radius 3 is 2.16 bits per heavy atom. The molecule has 0 fully saturated rings. The fourth-order valence-corrected chi connectivity index (χ4v) is 1.58. The van der Waals surface area contributed by atoms with Crippen LogP contribution < -0.4 is 10.5 Å². The summed E-state index contributed by atoms with van der Waals surface area (Å²) in [6, 6.07) is 17.3. The highest BCUT2D eigenvalue weighted by molar-refractivity contribution is 5.64. The molecule has 0 bridgehead atoms. The number of rotatable bonds is 5. The molecule has 0 aliphatic rings. The van der Waals surface area contributed by atoms with Crippen LogP contribution in [0.1, 0.15) is 11.1 Å². The molecule has 0 aliphatic heterocycles. The van der Waals surface area contributed by atoms with Gasteiger partial charge in [-0.15, -0.1) is 0 Å². The average molecular weight is 257 g/mol. The van der Waals surface area contributed by atoms with Gasteiger partial charge >= 0.3 is 6.09 Å². The van der Waals surface area contributed by atoms with Crippen molar-refractivity contribution >= 4 is 6.09 Å². The first-order chi connectivity index (χ1) is 9.24. The van der Waals surface area contributed by atoms with Crippen LogP contribution >= 0.6 is 0 Å². The van der Waals surface area contributed by atoms with Crippen LogP contribution in [0.5, 0.6) is 5.75 Å². The third kappa shape index (κ3) is 4.35. The second-order valence-corrected chi connectivity index (χ2v) is 4.03. The molecular formula is C15H15NO3. The van der Waals surface area contributed by atoms with E-state index in [9.17, 15) is 4.79 Å². The van der Waals surface area contributed by atoms with Crippen LogP contribution in [0.4, 0.5) is 4.79 Å². The Kier molecular flexibility index (Phi) is 4.39. The van der Waals surface area contributed by atoms with Gasteiger partial charge in [0.15, 0.2) is 0 Å². The highest BCUT2D eigenvalue weighted by Crippen LogP contribution is 2.14. The monoisotopic (exact) mass is 257 g/mol. The summed E-state index contributed by atoms with van der Waals surface area (Å²) in [5.41, 5.74) is 6.88. The Labute approximate surface area is 111 Å². The van der Waals surface area contributed by atoms with Gasteiger partial charge < -0.3 is 15.2 Å². The van der Waals surface area contributed by atoms with Crippen LogP contribution in [-0.2, 0) is 18.0 Å². The van der Waals surface area contributed by atoms with Crippen molar-refractivity contribution in [3.8, 4) is 5.75 Å². The topological polar surface area (TPSA) is 61.6 Å². The molecule has 4 nitrogen and oxygen atoms in total. The van der Waals surface area contributed by atoms with E-state index < -0.39 is 6.09 Å². The summed E-state index contributed by atoms with van der Waals surface area (Å²) in [5.74, 6) is 0.770. The zero-order valence-corrected chi connectivity index (χ0v) is 10.4. The Hall–Kier alpha value is -2.49. The summed E-state index contributed by atoms with van der Waals surface area (Å²) in [4.78, 5) is 10.5. The van der Waals surface area contributed by atoms with Gasteiger partial charge in [0.25, 0.3) is 0 Å². The Balaban J connectivity index is 1.86. The molecule has 0 spiro atoms. The van der Waals surface area contributed by atoms with E-state index in [-0.39, 0.29) is 6.61 Å². The van der Waals surface area contributed by atoms with Crippen LogP contribution in [0, 0.1) is 0 Å². The Morgan fingerprint density at radius 1 is 0.895 bits per heavy atom. The number of amides is 1. The number of carbonyl (C=O) groups excluding carboxylic acids is 1. The van der Waals surface area contributed by atoms with Crippen molar-refractivity contribution in [2.24, 2.45) is 5.73 Å². The molecule has 1 amide bonds. The molecular weight excluding hydrogens is 242 g/mol. The van der Waals surface area contributed by atoms with Crippen molar-refractivity contribution in [3.63, 3.8) is 0 Å². The van der Waals surface area contributed by atoms with E-state index in [2.05, 4.69) is 0 Å². The molecule has 0 aliphatic carbocycles. The first-order valence-corrected chi connectivity index (χ1v) is 5.92.